The highest BCUT2D eigenvalue weighted by molar-refractivity contribution is 8.04. The van der Waals surface area contributed by atoms with Gasteiger partial charge in [0.25, 0.3) is 5.69 Å². The van der Waals surface area contributed by atoms with Gasteiger partial charge >= 0.3 is 0 Å². The van der Waals surface area contributed by atoms with Crippen LogP contribution in [0, 0.1) is 20.8 Å². The summed E-state index contributed by atoms with van der Waals surface area (Å²) in [5.41, 5.74) is 1.11. The molecule has 0 bridgehead atoms. The maximum Gasteiger partial charge on any atom is 0.269 e. The molecular weight excluding hydrogens is 212 g/mol. The summed E-state index contributed by atoms with van der Waals surface area (Å²) in [5.74, 6) is 0. The Hall–Kier alpha value is -1.54. The second-order valence-corrected chi connectivity index (χ2v) is 4.37. The molecule has 0 aliphatic heterocycles. The summed E-state index contributed by atoms with van der Waals surface area (Å²) in [4.78, 5) is 9.98. The first kappa shape index (κ1) is 11.5. The Kier molecular flexibility index (Phi) is 4.13. The van der Waals surface area contributed by atoms with Gasteiger partial charge in [-0.15, -0.1) is 0 Å². The molecule has 0 aliphatic carbocycles. The van der Waals surface area contributed by atoms with E-state index in [4.69, 9.17) is 5.26 Å². The van der Waals surface area contributed by atoms with Gasteiger partial charge in [0.2, 0.25) is 0 Å². The average molecular weight is 222 g/mol. The van der Waals surface area contributed by atoms with Crippen molar-refractivity contribution < 1.29 is 4.92 Å². The first-order valence-electron chi connectivity index (χ1n) is 4.41. The van der Waals surface area contributed by atoms with Crippen molar-refractivity contribution in [2.75, 3.05) is 0 Å². The normalized spacial score (nSPS) is 11.7. The van der Waals surface area contributed by atoms with E-state index in [2.05, 4.69) is 0 Å². The Balaban J connectivity index is 2.65. The molecule has 1 rings (SSSR count). The quantitative estimate of drug-likeness (QED) is 0.446. The number of thioether (sulfide) groups is 1. The van der Waals surface area contributed by atoms with Gasteiger partial charge < -0.3 is 0 Å². The second kappa shape index (κ2) is 5.37. The van der Waals surface area contributed by atoms with Crippen LogP contribution in [0.1, 0.15) is 12.5 Å². The van der Waals surface area contributed by atoms with Gasteiger partial charge in [-0.3, -0.25) is 10.1 Å². The molecule has 0 N–H and O–H groups in total. The Morgan fingerprint density at radius 1 is 1.53 bits per heavy atom. The maximum atomic E-state index is 10.4. The predicted molar refractivity (Wildman–Crippen MR) is 59.5 cm³/mol. The van der Waals surface area contributed by atoms with Gasteiger partial charge in [-0.1, -0.05) is 19.1 Å². The van der Waals surface area contributed by atoms with Crippen molar-refractivity contribution in [3.05, 3.63) is 39.9 Å². The summed E-state index contributed by atoms with van der Waals surface area (Å²) >= 11 is 1.21. The molecule has 4 nitrogen and oxygen atoms in total. The van der Waals surface area contributed by atoms with E-state index in [1.54, 1.807) is 12.1 Å². The number of thiocyanates is 1. The molecule has 0 saturated heterocycles. The van der Waals surface area contributed by atoms with Crippen LogP contribution in [0.2, 0.25) is 0 Å². The largest absolute Gasteiger partial charge is 0.269 e. The molecule has 5 heteroatoms. The van der Waals surface area contributed by atoms with Crippen LogP contribution in [-0.4, -0.2) is 10.2 Å². The van der Waals surface area contributed by atoms with Crippen molar-refractivity contribution in [2.24, 2.45) is 0 Å². The fourth-order valence-electron chi connectivity index (χ4n) is 1.22. The first-order chi connectivity index (χ1) is 7.13. The Morgan fingerprint density at radius 3 is 2.60 bits per heavy atom. The number of nitro groups is 1. The highest BCUT2D eigenvalue weighted by Gasteiger charge is 2.07. The minimum absolute atomic E-state index is 0.0966. The number of hydrogen-bond donors (Lipinski definition) is 0. The van der Waals surface area contributed by atoms with E-state index in [0.29, 0.717) is 0 Å². The van der Waals surface area contributed by atoms with E-state index in [0.717, 1.165) is 12.0 Å². The lowest BCUT2D eigenvalue weighted by Gasteiger charge is -2.05. The molecule has 0 amide bonds. The number of rotatable bonds is 4. The fourth-order valence-corrected chi connectivity index (χ4v) is 1.67. The summed E-state index contributed by atoms with van der Waals surface area (Å²) in [7, 11) is 0. The SMILES string of the molecule is CC(Cc1ccc([N+](=O)[O-])cc1)SC#N. The van der Waals surface area contributed by atoms with Crippen molar-refractivity contribution >= 4 is 17.4 Å². The van der Waals surface area contributed by atoms with Crippen molar-refractivity contribution in [1.82, 2.24) is 0 Å². The second-order valence-electron chi connectivity index (χ2n) is 3.15. The minimum Gasteiger partial charge on any atom is -0.258 e. The molecular formula is C10H10N2O2S. The molecule has 78 valence electrons. The van der Waals surface area contributed by atoms with Gasteiger partial charge in [-0.2, -0.15) is 5.26 Å². The standard InChI is InChI=1S/C10H10N2O2S/c1-8(15-7-11)6-9-2-4-10(5-3-9)12(13)14/h2-5,8H,6H2,1H3. The molecule has 15 heavy (non-hydrogen) atoms. The van der Waals surface area contributed by atoms with Crippen LogP contribution in [0.15, 0.2) is 24.3 Å². The summed E-state index contributed by atoms with van der Waals surface area (Å²) in [6.07, 6.45) is 0.746. The van der Waals surface area contributed by atoms with Gasteiger partial charge in [0.15, 0.2) is 0 Å². The number of nitrogens with zero attached hydrogens (tertiary/aromatic N) is 2. The summed E-state index contributed by atoms with van der Waals surface area (Å²) in [6.45, 7) is 1.95. The molecule has 1 aromatic carbocycles. The topological polar surface area (TPSA) is 66.9 Å². The lowest BCUT2D eigenvalue weighted by Crippen LogP contribution is -2.00. The lowest BCUT2D eigenvalue weighted by atomic mass is 10.1. The molecule has 0 fully saturated rings. The number of nitro benzene ring substituents is 1. The smallest absolute Gasteiger partial charge is 0.258 e. The van der Waals surface area contributed by atoms with E-state index in [9.17, 15) is 10.1 Å². The van der Waals surface area contributed by atoms with Crippen molar-refractivity contribution in [2.45, 2.75) is 18.6 Å². The molecule has 1 unspecified atom stereocenters. The zero-order valence-corrected chi connectivity index (χ0v) is 9.03. The van der Waals surface area contributed by atoms with Crippen molar-refractivity contribution in [3.8, 4) is 5.40 Å². The van der Waals surface area contributed by atoms with Gasteiger partial charge in [0.05, 0.1) is 4.92 Å². The van der Waals surface area contributed by atoms with Crippen molar-refractivity contribution in [1.29, 1.82) is 5.26 Å². The molecule has 1 aromatic rings. The van der Waals surface area contributed by atoms with Crippen LogP contribution < -0.4 is 0 Å². The van der Waals surface area contributed by atoms with Crippen LogP contribution >= 0.6 is 11.8 Å². The molecule has 0 aliphatic rings. The molecule has 0 heterocycles. The number of nitriles is 1. The third-order valence-electron chi connectivity index (χ3n) is 1.92. The Labute approximate surface area is 92.1 Å². The van der Waals surface area contributed by atoms with E-state index >= 15 is 0 Å². The fraction of sp³-hybridized carbons (Fsp3) is 0.300. The number of hydrogen-bond acceptors (Lipinski definition) is 4. The first-order valence-corrected chi connectivity index (χ1v) is 5.29. The van der Waals surface area contributed by atoms with Crippen molar-refractivity contribution in [3.63, 3.8) is 0 Å². The molecule has 0 radical (unpaired) electrons. The molecule has 1 atom stereocenters. The lowest BCUT2D eigenvalue weighted by molar-refractivity contribution is -0.384. The summed E-state index contributed by atoms with van der Waals surface area (Å²) in [6, 6.07) is 6.43. The highest BCUT2D eigenvalue weighted by atomic mass is 32.2. The van der Waals surface area contributed by atoms with Crippen LogP contribution in [0.25, 0.3) is 0 Å². The van der Waals surface area contributed by atoms with Crippen LogP contribution in [0.4, 0.5) is 5.69 Å². The Bertz CT molecular complexity index is 383. The summed E-state index contributed by atoms with van der Waals surface area (Å²) < 4.78 is 0. The monoisotopic (exact) mass is 222 g/mol. The Morgan fingerprint density at radius 2 is 2.13 bits per heavy atom. The van der Waals surface area contributed by atoms with E-state index in [1.807, 2.05) is 12.3 Å². The van der Waals surface area contributed by atoms with Crippen LogP contribution in [0.3, 0.4) is 0 Å². The maximum absolute atomic E-state index is 10.4. The molecule has 0 spiro atoms. The molecule has 0 saturated carbocycles. The van der Waals surface area contributed by atoms with Gasteiger partial charge in [0.1, 0.15) is 5.40 Å². The third-order valence-corrected chi connectivity index (χ3v) is 2.60. The van der Waals surface area contributed by atoms with Gasteiger partial charge in [0, 0.05) is 17.4 Å². The molecule has 0 aromatic heterocycles. The van der Waals surface area contributed by atoms with E-state index < -0.39 is 4.92 Å². The average Bonchev–Trinajstić information content (AvgIpc) is 2.18. The van der Waals surface area contributed by atoms with Gasteiger partial charge in [-0.05, 0) is 23.7 Å². The van der Waals surface area contributed by atoms with E-state index in [1.165, 1.54) is 23.9 Å². The zero-order chi connectivity index (χ0) is 11.3. The van der Waals surface area contributed by atoms with Crippen LogP contribution in [0.5, 0.6) is 0 Å². The highest BCUT2D eigenvalue weighted by Crippen LogP contribution is 2.17. The number of benzene rings is 1. The van der Waals surface area contributed by atoms with E-state index in [-0.39, 0.29) is 10.9 Å². The van der Waals surface area contributed by atoms with Gasteiger partial charge in [-0.25, -0.2) is 0 Å². The number of non-ortho nitro benzene ring substituents is 1. The third kappa shape index (κ3) is 3.60. The minimum atomic E-state index is -0.419. The zero-order valence-electron chi connectivity index (χ0n) is 8.21. The summed E-state index contributed by atoms with van der Waals surface area (Å²) in [5, 5.41) is 21.1. The van der Waals surface area contributed by atoms with Crippen LogP contribution in [-0.2, 0) is 6.42 Å². The predicted octanol–water partition coefficient (Wildman–Crippen LogP) is 2.74.